The molecule has 0 aliphatic carbocycles. The molecule has 1 fully saturated rings. The predicted octanol–water partition coefficient (Wildman–Crippen LogP) is 4.45. The Bertz CT molecular complexity index is 745. The lowest BCUT2D eigenvalue weighted by atomic mass is 9.98. The third-order valence-corrected chi connectivity index (χ3v) is 4.81. The molecule has 1 aromatic heterocycles. The molecular formula is C20H22O5S. The minimum atomic E-state index is -0.480. The van der Waals surface area contributed by atoms with E-state index in [-0.39, 0.29) is 23.7 Å². The van der Waals surface area contributed by atoms with Crippen molar-refractivity contribution in [1.29, 1.82) is 0 Å². The molecule has 0 spiro atoms. The van der Waals surface area contributed by atoms with Crippen LogP contribution in [0.1, 0.15) is 31.6 Å². The lowest BCUT2D eigenvalue weighted by Crippen LogP contribution is -2.32. The third kappa shape index (κ3) is 4.52. The minimum absolute atomic E-state index is 0.0654. The fraction of sp³-hybridized carbons (Fsp3) is 0.350. The van der Waals surface area contributed by atoms with E-state index in [1.165, 1.54) is 6.07 Å². The molecule has 6 heteroatoms. The zero-order chi connectivity index (χ0) is 18.4. The molecule has 2 heterocycles. The maximum absolute atomic E-state index is 12.7. The highest BCUT2D eigenvalue weighted by atomic mass is 32.1. The van der Waals surface area contributed by atoms with E-state index in [1.54, 1.807) is 29.5 Å². The molecule has 0 atom stereocenters. The van der Waals surface area contributed by atoms with Crippen molar-refractivity contribution in [2.45, 2.75) is 26.1 Å². The number of thiophene rings is 1. The number of unbranched alkanes of at least 4 members (excludes halogenated alkanes) is 1. The van der Waals surface area contributed by atoms with Gasteiger partial charge in [-0.05, 0) is 35.4 Å². The van der Waals surface area contributed by atoms with Crippen LogP contribution in [0.5, 0.6) is 11.5 Å². The van der Waals surface area contributed by atoms with E-state index >= 15 is 0 Å². The Morgan fingerprint density at radius 3 is 2.73 bits per heavy atom. The smallest absolute Gasteiger partial charge is 0.339 e. The van der Waals surface area contributed by atoms with Gasteiger partial charge < -0.3 is 19.3 Å². The predicted molar refractivity (Wildman–Crippen MR) is 99.2 cm³/mol. The van der Waals surface area contributed by atoms with Crippen molar-refractivity contribution in [1.82, 2.24) is 0 Å². The second kappa shape index (κ2) is 8.98. The van der Waals surface area contributed by atoms with Crippen molar-refractivity contribution >= 4 is 17.3 Å². The van der Waals surface area contributed by atoms with E-state index < -0.39 is 5.97 Å². The Labute approximate surface area is 156 Å². The summed E-state index contributed by atoms with van der Waals surface area (Å²) in [5.74, 6) is -0.598. The number of hydrogen-bond donors (Lipinski definition) is 1. The van der Waals surface area contributed by atoms with Crippen LogP contribution in [0.2, 0.25) is 0 Å². The summed E-state index contributed by atoms with van der Waals surface area (Å²) in [5.41, 5.74) is 1.52. The third-order valence-electron chi connectivity index (χ3n) is 4.11. The van der Waals surface area contributed by atoms with Gasteiger partial charge in [0.15, 0.2) is 17.8 Å². The van der Waals surface area contributed by atoms with Gasteiger partial charge in [-0.25, -0.2) is 4.79 Å². The number of allylic oxidation sites excluding steroid dienone is 1. The van der Waals surface area contributed by atoms with Crippen molar-refractivity contribution in [2.24, 2.45) is 5.92 Å². The molecule has 1 saturated heterocycles. The monoisotopic (exact) mass is 374 g/mol. The Morgan fingerprint density at radius 1 is 1.31 bits per heavy atom. The number of rotatable bonds is 6. The van der Waals surface area contributed by atoms with Crippen LogP contribution in [0.4, 0.5) is 0 Å². The van der Waals surface area contributed by atoms with Gasteiger partial charge >= 0.3 is 5.97 Å². The van der Waals surface area contributed by atoms with Crippen LogP contribution in [0, 0.1) is 5.92 Å². The summed E-state index contributed by atoms with van der Waals surface area (Å²) in [7, 11) is 0. The van der Waals surface area contributed by atoms with Crippen LogP contribution in [0.3, 0.4) is 0 Å². The summed E-state index contributed by atoms with van der Waals surface area (Å²) in [5, 5.41) is 13.8. The summed E-state index contributed by atoms with van der Waals surface area (Å²) in [4.78, 5) is 12.7. The number of esters is 1. The fourth-order valence-corrected chi connectivity index (χ4v) is 3.36. The van der Waals surface area contributed by atoms with Gasteiger partial charge in [0.1, 0.15) is 0 Å². The van der Waals surface area contributed by atoms with E-state index in [9.17, 15) is 9.90 Å². The standard InChI is InChI=1S/C20H22O5S/c1-2-3-6-16(19(22)25-18-8-5-4-7-17(18)21)15-11-23-20(24-12-15)14-9-10-26-13-14/h4-10,13,15,20-21H,2-3,11-12H2,1H3. The van der Waals surface area contributed by atoms with Gasteiger partial charge in [-0.2, -0.15) is 11.3 Å². The zero-order valence-corrected chi connectivity index (χ0v) is 15.4. The van der Waals surface area contributed by atoms with Gasteiger partial charge in [0.05, 0.1) is 13.2 Å². The molecule has 0 unspecified atom stereocenters. The number of benzene rings is 1. The normalized spacial score (nSPS) is 20.7. The van der Waals surface area contributed by atoms with Crippen molar-refractivity contribution in [3.8, 4) is 11.5 Å². The number of aromatic hydroxyl groups is 1. The number of ether oxygens (including phenoxy) is 3. The number of hydrogen-bond acceptors (Lipinski definition) is 6. The number of phenols is 1. The van der Waals surface area contributed by atoms with Crippen LogP contribution >= 0.6 is 11.3 Å². The zero-order valence-electron chi connectivity index (χ0n) is 14.6. The Balaban J connectivity index is 1.68. The summed E-state index contributed by atoms with van der Waals surface area (Å²) in [6.07, 6.45) is 3.17. The summed E-state index contributed by atoms with van der Waals surface area (Å²) < 4.78 is 17.0. The van der Waals surface area contributed by atoms with Gasteiger partial charge in [-0.3, -0.25) is 0 Å². The van der Waals surface area contributed by atoms with Gasteiger partial charge in [-0.15, -0.1) is 0 Å². The first-order chi connectivity index (χ1) is 12.7. The lowest BCUT2D eigenvalue weighted by Gasteiger charge is -2.30. The number of para-hydroxylation sites is 2. The van der Waals surface area contributed by atoms with Gasteiger partial charge in [0.2, 0.25) is 0 Å². The molecule has 0 saturated carbocycles. The van der Waals surface area contributed by atoms with Crippen molar-refractivity contribution < 1.29 is 24.1 Å². The molecule has 26 heavy (non-hydrogen) atoms. The number of carbonyl (C=O) groups is 1. The van der Waals surface area contributed by atoms with E-state index in [2.05, 4.69) is 0 Å². The number of carbonyl (C=O) groups excluding carboxylic acids is 1. The molecule has 1 aromatic carbocycles. The molecule has 1 N–H and O–H groups in total. The van der Waals surface area contributed by atoms with E-state index in [1.807, 2.05) is 29.8 Å². The number of phenolic OH excluding ortho intramolecular Hbond substituents is 1. The largest absolute Gasteiger partial charge is 0.504 e. The molecule has 0 amide bonds. The van der Waals surface area contributed by atoms with Crippen LogP contribution in [-0.2, 0) is 14.3 Å². The average Bonchev–Trinajstić information content (AvgIpc) is 3.19. The second-order valence-electron chi connectivity index (χ2n) is 6.06. The lowest BCUT2D eigenvalue weighted by molar-refractivity contribution is -0.200. The Kier molecular flexibility index (Phi) is 6.44. The Hall–Kier alpha value is -2.15. The molecule has 5 nitrogen and oxygen atoms in total. The highest BCUT2D eigenvalue weighted by molar-refractivity contribution is 7.07. The van der Waals surface area contributed by atoms with Gasteiger partial charge in [-0.1, -0.05) is 31.6 Å². The maximum atomic E-state index is 12.7. The fourth-order valence-electron chi connectivity index (χ4n) is 2.70. The maximum Gasteiger partial charge on any atom is 0.339 e. The second-order valence-corrected chi connectivity index (χ2v) is 6.84. The molecule has 138 valence electrons. The van der Waals surface area contributed by atoms with Gasteiger partial charge in [0.25, 0.3) is 0 Å². The van der Waals surface area contributed by atoms with Crippen LogP contribution in [-0.4, -0.2) is 24.3 Å². The first-order valence-electron chi connectivity index (χ1n) is 8.64. The van der Waals surface area contributed by atoms with E-state index in [0.29, 0.717) is 18.8 Å². The Morgan fingerprint density at radius 2 is 2.08 bits per heavy atom. The molecule has 2 aromatic rings. The molecular weight excluding hydrogens is 352 g/mol. The first-order valence-corrected chi connectivity index (χ1v) is 9.58. The van der Waals surface area contributed by atoms with Crippen LogP contribution in [0.25, 0.3) is 0 Å². The molecule has 1 aliphatic heterocycles. The first kappa shape index (κ1) is 18.6. The minimum Gasteiger partial charge on any atom is -0.504 e. The van der Waals surface area contributed by atoms with Crippen LogP contribution < -0.4 is 4.74 Å². The van der Waals surface area contributed by atoms with E-state index in [0.717, 1.165) is 18.4 Å². The quantitative estimate of drug-likeness (QED) is 0.460. The van der Waals surface area contributed by atoms with Crippen molar-refractivity contribution in [2.75, 3.05) is 13.2 Å². The SMILES string of the molecule is CCCC=C(C(=O)Oc1ccccc1O)C1COC(c2ccsc2)OC1. The molecule has 1 aliphatic rings. The topological polar surface area (TPSA) is 65.0 Å². The van der Waals surface area contributed by atoms with E-state index in [4.69, 9.17) is 14.2 Å². The van der Waals surface area contributed by atoms with Crippen molar-refractivity contribution in [3.05, 3.63) is 58.3 Å². The van der Waals surface area contributed by atoms with Gasteiger partial charge in [0, 0.05) is 17.1 Å². The average molecular weight is 374 g/mol. The molecule has 0 radical (unpaired) electrons. The highest BCUT2D eigenvalue weighted by Gasteiger charge is 2.30. The van der Waals surface area contributed by atoms with Crippen LogP contribution in [0.15, 0.2) is 52.7 Å². The molecule has 3 rings (SSSR count). The van der Waals surface area contributed by atoms with Crippen molar-refractivity contribution in [3.63, 3.8) is 0 Å². The summed E-state index contributed by atoms with van der Waals surface area (Å²) in [6.45, 7) is 2.81. The summed E-state index contributed by atoms with van der Waals surface area (Å²) >= 11 is 1.59. The summed E-state index contributed by atoms with van der Waals surface area (Å²) in [6, 6.07) is 8.39. The molecule has 0 bridgehead atoms. The highest BCUT2D eigenvalue weighted by Crippen LogP contribution is 2.31.